The summed E-state index contributed by atoms with van der Waals surface area (Å²) in [5.74, 6) is 0.683. The summed E-state index contributed by atoms with van der Waals surface area (Å²) < 4.78 is 0.485. The Balaban J connectivity index is 2.50. The van der Waals surface area contributed by atoms with Crippen LogP contribution in [-0.2, 0) is 0 Å². The van der Waals surface area contributed by atoms with E-state index in [1.54, 1.807) is 0 Å². The number of thioether (sulfide) groups is 1. The van der Waals surface area contributed by atoms with Gasteiger partial charge in [-0.05, 0) is 26.0 Å². The monoisotopic (exact) mass is 176 g/mol. The maximum absolute atomic E-state index is 5.67. The Morgan fingerprint density at radius 1 is 1.70 bits per heavy atom. The SMILES string of the molecule is CSC1(/C=C(/C)CCl)CC1. The van der Waals surface area contributed by atoms with Crippen molar-refractivity contribution in [3.05, 3.63) is 11.6 Å². The molecule has 1 saturated carbocycles. The molecule has 0 aromatic heterocycles. The van der Waals surface area contributed by atoms with E-state index in [1.165, 1.54) is 18.4 Å². The molecule has 0 amide bonds. The molecule has 0 unspecified atom stereocenters. The summed E-state index contributed by atoms with van der Waals surface area (Å²) in [6, 6.07) is 0. The van der Waals surface area contributed by atoms with Gasteiger partial charge in [0.15, 0.2) is 0 Å². The van der Waals surface area contributed by atoms with Crippen LogP contribution in [-0.4, -0.2) is 16.9 Å². The Morgan fingerprint density at radius 3 is 2.60 bits per heavy atom. The van der Waals surface area contributed by atoms with E-state index in [9.17, 15) is 0 Å². The highest BCUT2D eigenvalue weighted by Gasteiger charge is 2.39. The van der Waals surface area contributed by atoms with Gasteiger partial charge in [-0.1, -0.05) is 11.6 Å². The standard InChI is InChI=1S/C8H13ClS/c1-7(6-9)5-8(10-2)3-4-8/h5H,3-4,6H2,1-2H3/b7-5-. The highest BCUT2D eigenvalue weighted by Crippen LogP contribution is 2.48. The van der Waals surface area contributed by atoms with Crippen molar-refractivity contribution in [3.63, 3.8) is 0 Å². The number of hydrogen-bond acceptors (Lipinski definition) is 1. The summed E-state index contributed by atoms with van der Waals surface area (Å²) >= 11 is 7.61. The molecule has 58 valence electrons. The average Bonchev–Trinajstić information content (AvgIpc) is 2.70. The topological polar surface area (TPSA) is 0 Å². The molecule has 10 heavy (non-hydrogen) atoms. The molecule has 0 aromatic rings. The molecule has 1 aliphatic carbocycles. The maximum atomic E-state index is 5.67. The van der Waals surface area contributed by atoms with Gasteiger partial charge in [0.1, 0.15) is 0 Å². The molecule has 0 N–H and O–H groups in total. The van der Waals surface area contributed by atoms with Gasteiger partial charge in [0, 0.05) is 10.6 Å². The van der Waals surface area contributed by atoms with Gasteiger partial charge in [-0.3, -0.25) is 0 Å². The fourth-order valence-electron chi connectivity index (χ4n) is 1.02. The van der Waals surface area contributed by atoms with E-state index in [0.717, 1.165) is 0 Å². The van der Waals surface area contributed by atoms with Crippen LogP contribution in [0.1, 0.15) is 19.8 Å². The van der Waals surface area contributed by atoms with Gasteiger partial charge >= 0.3 is 0 Å². The zero-order valence-electron chi connectivity index (χ0n) is 6.48. The summed E-state index contributed by atoms with van der Waals surface area (Å²) in [4.78, 5) is 0. The Kier molecular flexibility index (Phi) is 2.70. The molecule has 1 fully saturated rings. The normalized spacial score (nSPS) is 22.9. The fraction of sp³-hybridized carbons (Fsp3) is 0.750. The highest BCUT2D eigenvalue weighted by molar-refractivity contribution is 8.00. The number of halogens is 1. The van der Waals surface area contributed by atoms with E-state index in [2.05, 4.69) is 19.3 Å². The molecule has 1 rings (SSSR count). The van der Waals surface area contributed by atoms with E-state index in [-0.39, 0.29) is 0 Å². The number of rotatable bonds is 3. The first-order chi connectivity index (χ1) is 4.72. The van der Waals surface area contributed by atoms with E-state index < -0.39 is 0 Å². The largest absolute Gasteiger partial charge is 0.154 e. The van der Waals surface area contributed by atoms with E-state index >= 15 is 0 Å². The highest BCUT2D eigenvalue weighted by atomic mass is 35.5. The van der Waals surface area contributed by atoms with Crippen molar-refractivity contribution in [2.75, 3.05) is 12.1 Å². The third-order valence-electron chi connectivity index (χ3n) is 1.87. The van der Waals surface area contributed by atoms with Crippen LogP contribution in [0.5, 0.6) is 0 Å². The van der Waals surface area contributed by atoms with Crippen molar-refractivity contribution in [1.29, 1.82) is 0 Å². The van der Waals surface area contributed by atoms with Crippen LogP contribution < -0.4 is 0 Å². The van der Waals surface area contributed by atoms with Crippen molar-refractivity contribution in [2.45, 2.75) is 24.5 Å². The number of hydrogen-bond donors (Lipinski definition) is 0. The molecular formula is C8H13ClS. The van der Waals surface area contributed by atoms with Crippen LogP contribution in [0.2, 0.25) is 0 Å². The molecule has 0 bridgehead atoms. The molecule has 0 atom stereocenters. The third kappa shape index (κ3) is 1.93. The Labute approximate surface area is 72.0 Å². The molecule has 0 aromatic carbocycles. The summed E-state index contributed by atoms with van der Waals surface area (Å²) in [5, 5.41) is 0. The summed E-state index contributed by atoms with van der Waals surface area (Å²) in [5.41, 5.74) is 1.31. The zero-order chi connectivity index (χ0) is 7.61. The Hall–Kier alpha value is 0.380. The first kappa shape index (κ1) is 8.48. The molecule has 0 saturated heterocycles. The van der Waals surface area contributed by atoms with E-state index in [1.807, 2.05) is 11.8 Å². The predicted molar refractivity (Wildman–Crippen MR) is 50.0 cm³/mol. The second-order valence-electron chi connectivity index (χ2n) is 2.89. The van der Waals surface area contributed by atoms with Crippen molar-refractivity contribution in [3.8, 4) is 0 Å². The lowest BCUT2D eigenvalue weighted by molar-refractivity contribution is 1.15. The van der Waals surface area contributed by atoms with Crippen molar-refractivity contribution < 1.29 is 0 Å². The number of alkyl halides is 1. The Morgan fingerprint density at radius 2 is 2.30 bits per heavy atom. The van der Waals surface area contributed by atoms with Gasteiger partial charge in [0.2, 0.25) is 0 Å². The molecule has 0 aliphatic heterocycles. The van der Waals surface area contributed by atoms with Crippen LogP contribution in [0.15, 0.2) is 11.6 Å². The lowest BCUT2D eigenvalue weighted by Crippen LogP contribution is -1.97. The molecular weight excluding hydrogens is 164 g/mol. The fourth-order valence-corrected chi connectivity index (χ4v) is 1.92. The van der Waals surface area contributed by atoms with E-state index in [4.69, 9.17) is 11.6 Å². The minimum Gasteiger partial charge on any atom is -0.154 e. The minimum absolute atomic E-state index is 0.485. The summed E-state index contributed by atoms with van der Waals surface area (Å²) in [7, 11) is 0. The van der Waals surface area contributed by atoms with Crippen molar-refractivity contribution in [2.24, 2.45) is 0 Å². The lowest BCUT2D eigenvalue weighted by atomic mass is 10.2. The first-order valence-electron chi connectivity index (χ1n) is 3.52. The van der Waals surface area contributed by atoms with Gasteiger partial charge in [0.05, 0.1) is 0 Å². The van der Waals surface area contributed by atoms with Crippen molar-refractivity contribution in [1.82, 2.24) is 0 Å². The van der Waals surface area contributed by atoms with Gasteiger partial charge < -0.3 is 0 Å². The Bertz CT molecular complexity index is 147. The van der Waals surface area contributed by atoms with Gasteiger partial charge in [0.25, 0.3) is 0 Å². The van der Waals surface area contributed by atoms with Gasteiger partial charge in [-0.15, -0.1) is 11.6 Å². The first-order valence-corrected chi connectivity index (χ1v) is 5.28. The molecule has 0 spiro atoms. The van der Waals surface area contributed by atoms with Crippen molar-refractivity contribution >= 4 is 23.4 Å². The predicted octanol–water partition coefficient (Wildman–Crippen LogP) is 3.07. The average molecular weight is 177 g/mol. The second kappa shape index (κ2) is 3.19. The van der Waals surface area contributed by atoms with Crippen LogP contribution in [0.25, 0.3) is 0 Å². The molecule has 0 radical (unpaired) electrons. The van der Waals surface area contributed by atoms with Gasteiger partial charge in [-0.25, -0.2) is 0 Å². The zero-order valence-corrected chi connectivity index (χ0v) is 8.06. The molecule has 2 heteroatoms. The maximum Gasteiger partial charge on any atom is 0.0431 e. The van der Waals surface area contributed by atoms with Crippen LogP contribution in [0, 0.1) is 0 Å². The second-order valence-corrected chi connectivity index (χ2v) is 4.38. The summed E-state index contributed by atoms with van der Waals surface area (Å²) in [6.45, 7) is 2.10. The van der Waals surface area contributed by atoms with Crippen LogP contribution in [0.4, 0.5) is 0 Å². The molecule has 0 nitrogen and oxygen atoms in total. The smallest absolute Gasteiger partial charge is 0.0431 e. The molecule has 1 aliphatic rings. The lowest BCUT2D eigenvalue weighted by Gasteiger charge is -2.05. The number of allylic oxidation sites excluding steroid dienone is 1. The van der Waals surface area contributed by atoms with Crippen LogP contribution in [0.3, 0.4) is 0 Å². The quantitative estimate of drug-likeness (QED) is 0.471. The van der Waals surface area contributed by atoms with Crippen LogP contribution >= 0.6 is 23.4 Å². The molecule has 0 heterocycles. The van der Waals surface area contributed by atoms with E-state index in [0.29, 0.717) is 10.6 Å². The summed E-state index contributed by atoms with van der Waals surface area (Å²) in [6.07, 6.45) is 7.17. The third-order valence-corrected chi connectivity index (χ3v) is 3.63. The minimum atomic E-state index is 0.485. The van der Waals surface area contributed by atoms with Gasteiger partial charge in [-0.2, -0.15) is 11.8 Å².